The van der Waals surface area contributed by atoms with E-state index in [4.69, 9.17) is 4.74 Å². The van der Waals surface area contributed by atoms with Crippen LogP contribution in [0.4, 0.5) is 14.5 Å². The maximum atomic E-state index is 13.2. The molecule has 0 spiro atoms. The molecule has 2 aliphatic heterocycles. The Labute approximate surface area is 116 Å². The predicted molar refractivity (Wildman–Crippen MR) is 71.4 cm³/mol. The minimum atomic E-state index is -2.53. The van der Waals surface area contributed by atoms with Crippen molar-refractivity contribution in [3.8, 4) is 0 Å². The van der Waals surface area contributed by atoms with Crippen molar-refractivity contribution in [1.29, 1.82) is 0 Å². The summed E-state index contributed by atoms with van der Waals surface area (Å²) in [4.78, 5) is 1.95. The topological polar surface area (TPSA) is 42.3 Å². The van der Waals surface area contributed by atoms with Gasteiger partial charge in [0.25, 0.3) is 6.43 Å². The Morgan fingerprint density at radius 2 is 1.95 bits per heavy atom. The molecule has 1 aromatic rings. The van der Waals surface area contributed by atoms with Gasteiger partial charge in [0.1, 0.15) is 0 Å². The molecular formula is C13H20F2N4O. The Bertz CT molecular complexity index is 440. The first-order chi connectivity index (χ1) is 9.75. The van der Waals surface area contributed by atoms with E-state index < -0.39 is 6.43 Å². The van der Waals surface area contributed by atoms with Crippen LogP contribution in [0.5, 0.6) is 0 Å². The van der Waals surface area contributed by atoms with E-state index >= 15 is 0 Å². The minimum Gasteiger partial charge on any atom is -0.378 e. The number of hydrogen-bond donors (Lipinski definition) is 1. The van der Waals surface area contributed by atoms with E-state index in [0.29, 0.717) is 32.0 Å². The normalized spacial score (nSPS) is 21.6. The number of hydrogen-bond acceptors (Lipinski definition) is 4. The molecule has 0 aliphatic carbocycles. The highest BCUT2D eigenvalue weighted by Gasteiger charge is 2.26. The van der Waals surface area contributed by atoms with Crippen molar-refractivity contribution in [2.24, 2.45) is 0 Å². The second-order valence-corrected chi connectivity index (χ2v) is 5.26. The smallest absolute Gasteiger partial charge is 0.284 e. The van der Waals surface area contributed by atoms with Crippen LogP contribution >= 0.6 is 0 Å². The lowest BCUT2D eigenvalue weighted by Gasteiger charge is -2.28. The highest BCUT2D eigenvalue weighted by atomic mass is 19.3. The van der Waals surface area contributed by atoms with Crippen molar-refractivity contribution in [3.05, 3.63) is 11.9 Å². The van der Waals surface area contributed by atoms with Gasteiger partial charge in [0.2, 0.25) is 0 Å². The highest BCUT2D eigenvalue weighted by Crippen LogP contribution is 2.31. The molecule has 3 rings (SSSR count). The van der Waals surface area contributed by atoms with E-state index in [1.54, 1.807) is 10.9 Å². The summed E-state index contributed by atoms with van der Waals surface area (Å²) in [5.41, 5.74) is 0.479. The van der Waals surface area contributed by atoms with Gasteiger partial charge in [-0.05, 0) is 25.9 Å². The summed E-state index contributed by atoms with van der Waals surface area (Å²) < 4.78 is 33.5. The first kappa shape index (κ1) is 13.8. The van der Waals surface area contributed by atoms with Crippen LogP contribution in [0.1, 0.15) is 31.0 Å². The van der Waals surface area contributed by atoms with Gasteiger partial charge < -0.3 is 15.0 Å². The molecule has 0 amide bonds. The van der Waals surface area contributed by atoms with E-state index in [0.717, 1.165) is 25.9 Å². The van der Waals surface area contributed by atoms with Gasteiger partial charge in [-0.1, -0.05) is 0 Å². The van der Waals surface area contributed by atoms with Gasteiger partial charge in [0.05, 0.1) is 24.9 Å². The summed E-state index contributed by atoms with van der Waals surface area (Å²) in [6.45, 7) is 4.31. The van der Waals surface area contributed by atoms with Gasteiger partial charge >= 0.3 is 0 Å². The molecule has 0 atom stereocenters. The number of nitrogens with one attached hydrogen (secondary N) is 1. The number of morpholine rings is 1. The molecule has 2 aliphatic rings. The monoisotopic (exact) mass is 286 g/mol. The van der Waals surface area contributed by atoms with Crippen LogP contribution in [-0.2, 0) is 4.74 Å². The van der Waals surface area contributed by atoms with E-state index in [-0.39, 0.29) is 11.7 Å². The molecule has 3 heterocycles. The first-order valence-corrected chi connectivity index (χ1v) is 7.16. The molecular weight excluding hydrogens is 266 g/mol. The molecule has 0 bridgehead atoms. The zero-order valence-electron chi connectivity index (χ0n) is 11.4. The van der Waals surface area contributed by atoms with Crippen molar-refractivity contribution in [2.75, 3.05) is 44.3 Å². The fourth-order valence-corrected chi connectivity index (χ4v) is 2.86. The van der Waals surface area contributed by atoms with Gasteiger partial charge in [-0.3, -0.25) is 4.68 Å². The summed E-state index contributed by atoms with van der Waals surface area (Å²) in [5.74, 6) is 0. The van der Waals surface area contributed by atoms with E-state index in [1.807, 2.05) is 4.90 Å². The van der Waals surface area contributed by atoms with Gasteiger partial charge in [-0.2, -0.15) is 5.10 Å². The molecule has 2 saturated heterocycles. The Balaban J connectivity index is 1.85. The summed E-state index contributed by atoms with van der Waals surface area (Å²) in [7, 11) is 0. The minimum absolute atomic E-state index is 0.0922. The van der Waals surface area contributed by atoms with Gasteiger partial charge in [-0.15, -0.1) is 0 Å². The summed E-state index contributed by atoms with van der Waals surface area (Å²) in [6, 6.07) is 0.226. The highest BCUT2D eigenvalue weighted by molar-refractivity contribution is 5.50. The number of aromatic nitrogens is 2. The van der Waals surface area contributed by atoms with Crippen molar-refractivity contribution in [1.82, 2.24) is 15.1 Å². The van der Waals surface area contributed by atoms with Crippen molar-refractivity contribution >= 4 is 5.69 Å². The number of alkyl halides is 2. The van der Waals surface area contributed by atoms with Gasteiger partial charge in [0, 0.05) is 19.3 Å². The summed E-state index contributed by atoms with van der Waals surface area (Å²) >= 11 is 0. The van der Waals surface area contributed by atoms with E-state index in [9.17, 15) is 8.78 Å². The van der Waals surface area contributed by atoms with Crippen molar-refractivity contribution in [3.63, 3.8) is 0 Å². The largest absolute Gasteiger partial charge is 0.378 e. The number of nitrogens with zero attached hydrogens (tertiary/aromatic N) is 3. The molecule has 5 nitrogen and oxygen atoms in total. The first-order valence-electron chi connectivity index (χ1n) is 7.16. The molecule has 112 valence electrons. The Kier molecular flexibility index (Phi) is 4.16. The fourth-order valence-electron chi connectivity index (χ4n) is 2.86. The van der Waals surface area contributed by atoms with Crippen LogP contribution in [-0.4, -0.2) is 49.2 Å². The average Bonchev–Trinajstić information content (AvgIpc) is 2.94. The molecule has 0 saturated carbocycles. The number of ether oxygens (including phenoxy) is 1. The van der Waals surface area contributed by atoms with Crippen LogP contribution in [0, 0.1) is 0 Å². The Morgan fingerprint density at radius 1 is 1.25 bits per heavy atom. The third-order valence-electron chi connectivity index (χ3n) is 3.98. The number of rotatable bonds is 3. The maximum absolute atomic E-state index is 13.2. The maximum Gasteiger partial charge on any atom is 0.284 e. The standard InChI is InChI=1S/C13H20F2N4O/c14-13(15)12-11(18-5-7-20-8-6-18)9-19(17-12)10-1-3-16-4-2-10/h9-10,13,16H,1-8H2. The van der Waals surface area contributed by atoms with Gasteiger partial charge in [-0.25, -0.2) is 8.78 Å². The molecule has 0 radical (unpaired) electrons. The van der Waals surface area contributed by atoms with E-state index in [2.05, 4.69) is 10.4 Å². The van der Waals surface area contributed by atoms with Gasteiger partial charge in [0.15, 0.2) is 5.69 Å². The number of anilines is 1. The van der Waals surface area contributed by atoms with Crippen LogP contribution < -0.4 is 10.2 Å². The second kappa shape index (κ2) is 6.05. The molecule has 2 fully saturated rings. The lowest BCUT2D eigenvalue weighted by Crippen LogP contribution is -2.36. The zero-order valence-corrected chi connectivity index (χ0v) is 11.4. The summed E-state index contributed by atoms with van der Waals surface area (Å²) in [5, 5.41) is 7.44. The molecule has 0 aromatic carbocycles. The zero-order chi connectivity index (χ0) is 13.9. The van der Waals surface area contributed by atoms with E-state index in [1.165, 1.54) is 0 Å². The molecule has 7 heteroatoms. The van der Waals surface area contributed by atoms with Crippen LogP contribution in [0.2, 0.25) is 0 Å². The van der Waals surface area contributed by atoms with Crippen LogP contribution in [0.15, 0.2) is 6.20 Å². The number of halogens is 2. The Hall–Kier alpha value is -1.21. The third kappa shape index (κ3) is 2.78. The average molecular weight is 286 g/mol. The fraction of sp³-hybridized carbons (Fsp3) is 0.769. The van der Waals surface area contributed by atoms with Crippen LogP contribution in [0.3, 0.4) is 0 Å². The van der Waals surface area contributed by atoms with Crippen LogP contribution in [0.25, 0.3) is 0 Å². The van der Waals surface area contributed by atoms with Crippen molar-refractivity contribution in [2.45, 2.75) is 25.3 Å². The summed E-state index contributed by atoms with van der Waals surface area (Å²) in [6.07, 6.45) is 1.14. The quantitative estimate of drug-likeness (QED) is 0.916. The predicted octanol–water partition coefficient (Wildman–Crippen LogP) is 1.58. The molecule has 0 unspecified atom stereocenters. The Morgan fingerprint density at radius 3 is 2.60 bits per heavy atom. The lowest BCUT2D eigenvalue weighted by atomic mass is 10.1. The number of piperidine rings is 1. The molecule has 20 heavy (non-hydrogen) atoms. The SMILES string of the molecule is FC(F)c1nn(C2CCNCC2)cc1N1CCOCC1. The van der Waals surface area contributed by atoms with Crippen molar-refractivity contribution < 1.29 is 13.5 Å². The third-order valence-corrected chi connectivity index (χ3v) is 3.98. The molecule has 1 aromatic heterocycles. The molecule has 1 N–H and O–H groups in total. The second-order valence-electron chi connectivity index (χ2n) is 5.26. The lowest BCUT2D eigenvalue weighted by molar-refractivity contribution is 0.120.